The Labute approximate surface area is 231 Å². The van der Waals surface area contributed by atoms with Crippen molar-refractivity contribution in [3.8, 4) is 23.5 Å². The van der Waals surface area contributed by atoms with Gasteiger partial charge in [0.1, 0.15) is 24.2 Å². The van der Waals surface area contributed by atoms with Gasteiger partial charge in [-0.15, -0.1) is 9.78 Å². The monoisotopic (exact) mass is 568 g/mol. The molecule has 2 aromatic carbocycles. The van der Waals surface area contributed by atoms with Crippen LogP contribution in [0.25, 0.3) is 5.95 Å². The maximum absolute atomic E-state index is 15.9. The Kier molecular flexibility index (Phi) is 9.06. The first-order valence-corrected chi connectivity index (χ1v) is 11.9. The summed E-state index contributed by atoms with van der Waals surface area (Å²) in [4.78, 5) is 23.4. The second-order valence-corrected chi connectivity index (χ2v) is 8.05. The van der Waals surface area contributed by atoms with Gasteiger partial charge >= 0.3 is 12.2 Å². The summed E-state index contributed by atoms with van der Waals surface area (Å²) in [6, 6.07) is 9.39. The lowest BCUT2D eigenvalue weighted by molar-refractivity contribution is 0.0207. The Morgan fingerprint density at radius 3 is 2.56 bits per heavy atom. The van der Waals surface area contributed by atoms with Crippen molar-refractivity contribution >= 4 is 17.7 Å². The van der Waals surface area contributed by atoms with Crippen LogP contribution in [0.2, 0.25) is 0 Å². The molecule has 0 saturated heterocycles. The van der Waals surface area contributed by atoms with E-state index in [0.29, 0.717) is 11.3 Å². The van der Waals surface area contributed by atoms with Crippen molar-refractivity contribution in [3.63, 3.8) is 0 Å². The predicted molar refractivity (Wildman–Crippen MR) is 140 cm³/mol. The lowest BCUT2D eigenvalue weighted by Gasteiger charge is -2.21. The topological polar surface area (TPSA) is 213 Å². The van der Waals surface area contributed by atoms with Crippen LogP contribution in [-0.4, -0.2) is 74.1 Å². The third kappa shape index (κ3) is 6.93. The van der Waals surface area contributed by atoms with Crippen molar-refractivity contribution in [1.29, 1.82) is 5.41 Å². The first-order chi connectivity index (χ1) is 19.8. The molecule has 15 nitrogen and oxygen atoms in total. The highest BCUT2D eigenvalue weighted by Gasteiger charge is 2.29. The minimum atomic E-state index is -1.57. The number of benzene rings is 2. The van der Waals surface area contributed by atoms with Gasteiger partial charge in [-0.2, -0.15) is 4.98 Å². The van der Waals surface area contributed by atoms with Gasteiger partial charge in [0.15, 0.2) is 17.4 Å². The Balaban J connectivity index is 1.85. The van der Waals surface area contributed by atoms with Crippen molar-refractivity contribution in [1.82, 2.24) is 24.7 Å². The SMILES string of the molecule is COc1cc(OCCO)c(F)c([C@@H](Nc2ccc(C(=N)N)cc2)c2nc(OCOC(=O)O)n(-c3ncccn3)n2)c1. The van der Waals surface area contributed by atoms with Crippen LogP contribution in [0, 0.1) is 11.2 Å². The molecule has 214 valence electrons. The quantitative estimate of drug-likeness (QED) is 0.0677. The predicted octanol–water partition coefficient (Wildman–Crippen LogP) is 2.09. The van der Waals surface area contributed by atoms with Gasteiger partial charge < -0.3 is 40.2 Å². The van der Waals surface area contributed by atoms with E-state index in [1.54, 1.807) is 30.3 Å². The van der Waals surface area contributed by atoms with Gasteiger partial charge in [-0.25, -0.2) is 19.2 Å². The maximum Gasteiger partial charge on any atom is 0.508 e. The summed E-state index contributed by atoms with van der Waals surface area (Å²) in [5.41, 5.74) is 6.50. The normalized spacial score (nSPS) is 11.4. The average molecular weight is 569 g/mol. The average Bonchev–Trinajstić information content (AvgIpc) is 3.40. The third-order valence-electron chi connectivity index (χ3n) is 5.41. The second-order valence-electron chi connectivity index (χ2n) is 8.05. The van der Waals surface area contributed by atoms with E-state index in [9.17, 15) is 9.90 Å². The van der Waals surface area contributed by atoms with Crippen molar-refractivity contribution in [2.75, 3.05) is 32.4 Å². The summed E-state index contributed by atoms with van der Waals surface area (Å²) in [5.74, 6) is -0.889. The van der Waals surface area contributed by atoms with Crippen LogP contribution in [0.3, 0.4) is 0 Å². The van der Waals surface area contributed by atoms with Crippen LogP contribution >= 0.6 is 0 Å². The van der Waals surface area contributed by atoms with Gasteiger partial charge in [-0.1, -0.05) is 0 Å². The van der Waals surface area contributed by atoms with E-state index in [1.807, 2.05) is 0 Å². The third-order valence-corrected chi connectivity index (χ3v) is 5.41. The fourth-order valence-corrected chi connectivity index (χ4v) is 3.57. The van der Waals surface area contributed by atoms with E-state index < -0.39 is 24.8 Å². The van der Waals surface area contributed by atoms with Gasteiger partial charge in [0.05, 0.1) is 13.7 Å². The summed E-state index contributed by atoms with van der Waals surface area (Å²) in [5, 5.41) is 33.2. The second kappa shape index (κ2) is 13.0. The molecule has 1 atom stereocenters. The number of rotatable bonds is 13. The number of carboxylic acid groups (broad SMARTS) is 1. The number of carbonyl (C=O) groups is 1. The number of aliphatic hydroxyl groups excluding tert-OH is 1. The number of ether oxygens (including phenoxy) is 4. The number of methoxy groups -OCH3 is 1. The molecular weight excluding hydrogens is 543 g/mol. The summed E-state index contributed by atoms with van der Waals surface area (Å²) in [6.07, 6.45) is 1.31. The zero-order valence-corrected chi connectivity index (χ0v) is 21.5. The number of amidine groups is 1. The van der Waals surface area contributed by atoms with E-state index in [1.165, 1.54) is 31.6 Å². The van der Waals surface area contributed by atoms with Crippen LogP contribution in [0.5, 0.6) is 17.5 Å². The highest BCUT2D eigenvalue weighted by Crippen LogP contribution is 2.36. The highest BCUT2D eigenvalue weighted by atomic mass is 19.1. The van der Waals surface area contributed by atoms with E-state index in [0.717, 1.165) is 4.68 Å². The van der Waals surface area contributed by atoms with E-state index in [-0.39, 0.29) is 53.9 Å². The molecule has 4 aromatic rings. The molecule has 0 amide bonds. The molecule has 0 fully saturated rings. The zero-order chi connectivity index (χ0) is 29.4. The molecule has 0 spiro atoms. The molecular formula is C25H25FN8O7. The fraction of sp³-hybridized carbons (Fsp3) is 0.200. The smallest absolute Gasteiger partial charge is 0.497 e. The molecule has 0 aliphatic rings. The Morgan fingerprint density at radius 2 is 1.93 bits per heavy atom. The largest absolute Gasteiger partial charge is 0.508 e. The molecule has 6 N–H and O–H groups in total. The first kappa shape index (κ1) is 28.5. The minimum Gasteiger partial charge on any atom is -0.497 e. The Bertz CT molecular complexity index is 1500. The number of aliphatic hydroxyl groups is 1. The molecule has 4 rings (SSSR count). The molecule has 0 aliphatic carbocycles. The highest BCUT2D eigenvalue weighted by molar-refractivity contribution is 5.95. The molecule has 0 radical (unpaired) electrons. The summed E-state index contributed by atoms with van der Waals surface area (Å²) < 4.78 is 37.5. The number of nitrogens with zero attached hydrogens (tertiary/aromatic N) is 5. The van der Waals surface area contributed by atoms with Crippen LogP contribution in [0.15, 0.2) is 54.9 Å². The number of anilines is 1. The van der Waals surface area contributed by atoms with Crippen molar-refractivity contribution in [2.24, 2.45) is 5.73 Å². The number of hydrogen-bond donors (Lipinski definition) is 5. The van der Waals surface area contributed by atoms with Crippen LogP contribution in [0.4, 0.5) is 14.9 Å². The molecule has 0 aliphatic heterocycles. The van der Waals surface area contributed by atoms with Crippen molar-refractivity contribution in [2.45, 2.75) is 6.04 Å². The zero-order valence-electron chi connectivity index (χ0n) is 21.5. The van der Waals surface area contributed by atoms with E-state index in [2.05, 4.69) is 30.1 Å². The molecule has 16 heteroatoms. The molecule has 0 bridgehead atoms. The molecule has 2 aromatic heterocycles. The number of hydrogen-bond acceptors (Lipinski definition) is 12. The standard InChI is InChI=1S/C25H25FN8O7/c1-38-16-11-17(19(26)18(12-16)39-10-9-35)20(31-15-5-3-14(4-6-15)21(27)28)22-32-24(40-13-41-25(36)37)34(33-22)23-29-7-2-8-30-23/h2-8,11-12,20,31,35H,9-10,13H2,1H3,(H3,27,28)(H,36,37)/t20-/m1/s1. The number of nitrogens with two attached hydrogens (primary N) is 1. The van der Waals surface area contributed by atoms with Gasteiger partial charge in [-0.05, 0) is 36.4 Å². The maximum atomic E-state index is 15.9. The van der Waals surface area contributed by atoms with E-state index in [4.69, 9.17) is 30.5 Å². The summed E-state index contributed by atoms with van der Waals surface area (Å²) >= 11 is 0. The van der Waals surface area contributed by atoms with E-state index >= 15 is 4.39 Å². The van der Waals surface area contributed by atoms with Gasteiger partial charge in [0.2, 0.25) is 6.79 Å². The van der Waals surface area contributed by atoms with Crippen molar-refractivity contribution in [3.05, 3.63) is 77.6 Å². The van der Waals surface area contributed by atoms with Crippen LogP contribution < -0.4 is 25.3 Å². The summed E-state index contributed by atoms with van der Waals surface area (Å²) in [7, 11) is 1.39. The molecule has 2 heterocycles. The first-order valence-electron chi connectivity index (χ1n) is 11.9. The number of nitrogen functional groups attached to an aromatic ring is 1. The van der Waals surface area contributed by atoms with Gasteiger partial charge in [-0.3, -0.25) is 5.41 Å². The van der Waals surface area contributed by atoms with Gasteiger partial charge in [0, 0.05) is 35.3 Å². The Hall–Kier alpha value is -5.51. The molecule has 0 unspecified atom stereocenters. The van der Waals surface area contributed by atoms with Gasteiger partial charge in [0.25, 0.3) is 5.95 Å². The fourth-order valence-electron chi connectivity index (χ4n) is 3.57. The van der Waals surface area contributed by atoms with Crippen LogP contribution in [-0.2, 0) is 4.74 Å². The number of nitrogens with one attached hydrogen (secondary N) is 2. The van der Waals surface area contributed by atoms with Crippen molar-refractivity contribution < 1.29 is 38.3 Å². The lowest BCUT2D eigenvalue weighted by Crippen LogP contribution is -2.18. The minimum absolute atomic E-state index is 0.00704. The van der Waals surface area contributed by atoms with Crippen LogP contribution in [0.1, 0.15) is 23.0 Å². The number of aromatic nitrogens is 5. The molecule has 41 heavy (non-hydrogen) atoms. The molecule has 0 saturated carbocycles. The Morgan fingerprint density at radius 1 is 1.20 bits per heavy atom. The number of halogens is 1. The lowest BCUT2D eigenvalue weighted by atomic mass is 10.0. The summed E-state index contributed by atoms with van der Waals surface area (Å²) in [6.45, 7) is -1.25.